The number of nitrogen functional groups attached to an aromatic ring is 1. The molecule has 0 atom stereocenters. The molecule has 0 unspecified atom stereocenters. The minimum Gasteiger partial charge on any atom is -0.398 e. The van der Waals surface area contributed by atoms with E-state index in [2.05, 4.69) is 26.8 Å². The number of methoxy groups -OCH3 is 1. The van der Waals surface area contributed by atoms with Gasteiger partial charge in [0.1, 0.15) is 0 Å². The highest BCUT2D eigenvalue weighted by Crippen LogP contribution is 2.28. The highest BCUT2D eigenvalue weighted by atomic mass is 32.2. The van der Waals surface area contributed by atoms with Crippen LogP contribution in [0.5, 0.6) is 0 Å². The van der Waals surface area contributed by atoms with Gasteiger partial charge in [0.05, 0.1) is 5.60 Å². The molecule has 0 aliphatic carbocycles. The fourth-order valence-electron chi connectivity index (χ4n) is 1.28. The van der Waals surface area contributed by atoms with E-state index in [-0.39, 0.29) is 5.60 Å². The van der Waals surface area contributed by atoms with Crippen molar-refractivity contribution >= 4 is 17.4 Å². The summed E-state index contributed by atoms with van der Waals surface area (Å²) >= 11 is 1.80. The Bertz CT molecular complexity index is 350. The van der Waals surface area contributed by atoms with Gasteiger partial charge in [0.25, 0.3) is 0 Å². The maximum atomic E-state index is 5.92. The summed E-state index contributed by atoms with van der Waals surface area (Å²) in [5.41, 5.74) is 7.99. The first kappa shape index (κ1) is 13.4. The van der Waals surface area contributed by atoms with Gasteiger partial charge in [-0.25, -0.2) is 0 Å². The molecule has 0 aliphatic rings. The van der Waals surface area contributed by atoms with Crippen LogP contribution in [0.25, 0.3) is 0 Å². The van der Waals surface area contributed by atoms with Gasteiger partial charge in [0, 0.05) is 23.4 Å². The van der Waals surface area contributed by atoms with E-state index in [0.717, 1.165) is 17.9 Å². The van der Waals surface area contributed by atoms with Gasteiger partial charge in [-0.1, -0.05) is 6.07 Å². The van der Waals surface area contributed by atoms with E-state index in [1.54, 1.807) is 18.9 Å². The number of hydrogen-bond acceptors (Lipinski definition) is 3. The van der Waals surface area contributed by atoms with E-state index < -0.39 is 0 Å². The van der Waals surface area contributed by atoms with Crippen molar-refractivity contribution in [2.45, 2.75) is 37.7 Å². The molecule has 0 heterocycles. The molecule has 0 aliphatic heterocycles. The molecule has 0 aromatic heterocycles. The summed E-state index contributed by atoms with van der Waals surface area (Å²) < 4.78 is 5.38. The van der Waals surface area contributed by atoms with Crippen LogP contribution < -0.4 is 5.73 Å². The minimum absolute atomic E-state index is 0.0500. The van der Waals surface area contributed by atoms with Gasteiger partial charge in [-0.3, -0.25) is 0 Å². The van der Waals surface area contributed by atoms with Crippen LogP contribution in [0.15, 0.2) is 23.1 Å². The zero-order valence-electron chi connectivity index (χ0n) is 10.5. The van der Waals surface area contributed by atoms with Gasteiger partial charge < -0.3 is 10.5 Å². The lowest BCUT2D eigenvalue weighted by molar-refractivity contribution is 0.0207. The predicted octanol–water partition coefficient (Wildman–Crippen LogP) is 3.48. The average Bonchev–Trinajstić information content (AvgIpc) is 2.23. The van der Waals surface area contributed by atoms with Gasteiger partial charge in [0.2, 0.25) is 0 Å². The normalized spacial score (nSPS) is 11.8. The van der Waals surface area contributed by atoms with Crippen molar-refractivity contribution < 1.29 is 4.74 Å². The second-order valence-corrected chi connectivity index (χ2v) is 5.74. The third-order valence-electron chi connectivity index (χ3n) is 2.68. The number of anilines is 1. The summed E-state index contributed by atoms with van der Waals surface area (Å²) in [6.45, 7) is 6.29. The molecule has 1 aromatic rings. The fraction of sp³-hybridized carbons (Fsp3) is 0.538. The van der Waals surface area contributed by atoms with Gasteiger partial charge >= 0.3 is 0 Å². The predicted molar refractivity (Wildman–Crippen MR) is 72.0 cm³/mol. The van der Waals surface area contributed by atoms with Crippen molar-refractivity contribution in [3.8, 4) is 0 Å². The molecule has 0 radical (unpaired) electrons. The van der Waals surface area contributed by atoms with E-state index >= 15 is 0 Å². The number of nitrogens with two attached hydrogens (primary N) is 1. The number of ether oxygens (including phenoxy) is 1. The fourth-order valence-corrected chi connectivity index (χ4v) is 2.59. The number of thioether (sulfide) groups is 1. The topological polar surface area (TPSA) is 35.2 Å². The molecule has 2 nitrogen and oxygen atoms in total. The molecule has 90 valence electrons. The molecule has 0 saturated carbocycles. The van der Waals surface area contributed by atoms with Gasteiger partial charge in [0.15, 0.2) is 0 Å². The monoisotopic (exact) mass is 239 g/mol. The van der Waals surface area contributed by atoms with Crippen molar-refractivity contribution in [2.24, 2.45) is 0 Å². The Morgan fingerprint density at radius 3 is 2.69 bits per heavy atom. The molecule has 2 N–H and O–H groups in total. The van der Waals surface area contributed by atoms with E-state index in [4.69, 9.17) is 10.5 Å². The molecular weight excluding hydrogens is 218 g/mol. The third-order valence-corrected chi connectivity index (χ3v) is 3.76. The molecular formula is C13H21NOS. The summed E-state index contributed by atoms with van der Waals surface area (Å²) in [6, 6.07) is 6.15. The Morgan fingerprint density at radius 1 is 1.38 bits per heavy atom. The first-order chi connectivity index (χ1) is 7.44. The molecule has 3 heteroatoms. The van der Waals surface area contributed by atoms with Gasteiger partial charge in [-0.15, -0.1) is 11.8 Å². The SMILES string of the molecule is COC(C)(C)CCSc1cc(C)ccc1N. The Hall–Kier alpha value is -0.670. The van der Waals surface area contributed by atoms with E-state index in [1.807, 2.05) is 12.1 Å². The zero-order valence-corrected chi connectivity index (χ0v) is 11.4. The van der Waals surface area contributed by atoms with Crippen LogP contribution in [0.4, 0.5) is 5.69 Å². The van der Waals surface area contributed by atoms with Crippen LogP contribution in [0.2, 0.25) is 0 Å². The minimum atomic E-state index is -0.0500. The molecule has 16 heavy (non-hydrogen) atoms. The standard InChI is InChI=1S/C13H21NOS/c1-10-5-6-11(14)12(9-10)16-8-7-13(2,3)15-4/h5-6,9H,7-8,14H2,1-4H3. The summed E-state index contributed by atoms with van der Waals surface area (Å²) in [4.78, 5) is 1.17. The number of aryl methyl sites for hydroxylation is 1. The summed E-state index contributed by atoms with van der Waals surface area (Å²) in [5.74, 6) is 1.02. The molecule has 0 fully saturated rings. The molecule has 1 aromatic carbocycles. The first-order valence-electron chi connectivity index (χ1n) is 5.49. The highest BCUT2D eigenvalue weighted by molar-refractivity contribution is 7.99. The second-order valence-electron chi connectivity index (χ2n) is 4.60. The Balaban J connectivity index is 2.52. The number of benzene rings is 1. The van der Waals surface area contributed by atoms with Crippen LogP contribution in [-0.4, -0.2) is 18.5 Å². The van der Waals surface area contributed by atoms with Crippen LogP contribution in [0, 0.1) is 6.92 Å². The third kappa shape index (κ3) is 4.06. The molecule has 0 amide bonds. The van der Waals surface area contributed by atoms with Crippen LogP contribution in [-0.2, 0) is 4.74 Å². The summed E-state index contributed by atoms with van der Waals surface area (Å²) in [7, 11) is 1.76. The Kier molecular flexibility index (Phi) is 4.69. The Labute approximate surface area is 103 Å². The maximum absolute atomic E-state index is 5.92. The summed E-state index contributed by atoms with van der Waals surface area (Å²) in [6.07, 6.45) is 1.02. The molecule has 0 saturated heterocycles. The van der Waals surface area contributed by atoms with Gasteiger partial charge in [-0.2, -0.15) is 0 Å². The van der Waals surface area contributed by atoms with E-state index in [0.29, 0.717) is 0 Å². The second kappa shape index (κ2) is 5.60. The van der Waals surface area contributed by atoms with Crippen LogP contribution in [0.1, 0.15) is 25.8 Å². The van der Waals surface area contributed by atoms with Crippen LogP contribution >= 0.6 is 11.8 Å². The molecule has 0 spiro atoms. The zero-order chi connectivity index (χ0) is 12.2. The highest BCUT2D eigenvalue weighted by Gasteiger charge is 2.15. The quantitative estimate of drug-likeness (QED) is 0.631. The van der Waals surface area contributed by atoms with Crippen molar-refractivity contribution in [2.75, 3.05) is 18.6 Å². The van der Waals surface area contributed by atoms with Crippen molar-refractivity contribution in [3.63, 3.8) is 0 Å². The molecule has 0 bridgehead atoms. The van der Waals surface area contributed by atoms with E-state index in [1.165, 1.54) is 10.5 Å². The largest absolute Gasteiger partial charge is 0.398 e. The lowest BCUT2D eigenvalue weighted by Crippen LogP contribution is -2.22. The summed E-state index contributed by atoms with van der Waals surface area (Å²) in [5, 5.41) is 0. The average molecular weight is 239 g/mol. The smallest absolute Gasteiger partial charge is 0.0630 e. The lowest BCUT2D eigenvalue weighted by atomic mass is 10.1. The number of hydrogen-bond donors (Lipinski definition) is 1. The molecule has 1 rings (SSSR count). The van der Waals surface area contributed by atoms with Crippen LogP contribution in [0.3, 0.4) is 0 Å². The van der Waals surface area contributed by atoms with Crippen molar-refractivity contribution in [1.29, 1.82) is 0 Å². The first-order valence-corrected chi connectivity index (χ1v) is 6.47. The number of rotatable bonds is 5. The lowest BCUT2D eigenvalue weighted by Gasteiger charge is -2.22. The van der Waals surface area contributed by atoms with Crippen molar-refractivity contribution in [3.05, 3.63) is 23.8 Å². The Morgan fingerprint density at radius 2 is 2.06 bits per heavy atom. The van der Waals surface area contributed by atoms with Gasteiger partial charge in [-0.05, 0) is 44.9 Å². The maximum Gasteiger partial charge on any atom is 0.0630 e. The van der Waals surface area contributed by atoms with Crippen molar-refractivity contribution in [1.82, 2.24) is 0 Å². The van der Waals surface area contributed by atoms with E-state index in [9.17, 15) is 0 Å².